The Morgan fingerprint density at radius 2 is 2.12 bits per heavy atom. The lowest BCUT2D eigenvalue weighted by Crippen LogP contribution is -2.22. The predicted molar refractivity (Wildman–Crippen MR) is 60.8 cm³/mol. The molecule has 1 aromatic rings. The number of nitrogens with two attached hydrogens (primary N) is 1. The number of hydrogen-bond acceptors (Lipinski definition) is 4. The van der Waals surface area contributed by atoms with Crippen molar-refractivity contribution in [3.63, 3.8) is 0 Å². The van der Waals surface area contributed by atoms with Crippen LogP contribution in [0.2, 0.25) is 5.02 Å². The van der Waals surface area contributed by atoms with E-state index in [9.17, 15) is 10.2 Å². The smallest absolute Gasteiger partial charge is 0.106 e. The van der Waals surface area contributed by atoms with Crippen molar-refractivity contribution in [1.29, 1.82) is 5.26 Å². The lowest BCUT2D eigenvalue weighted by Gasteiger charge is -2.18. The minimum Gasteiger partial charge on any atom is -0.390 e. The molecule has 4 nitrogen and oxygen atoms in total. The normalized spacial score (nSPS) is 14.2. The predicted octanol–water partition coefficient (Wildman–Crippen LogP) is 0.955. The number of halogens is 1. The molecule has 0 saturated heterocycles. The van der Waals surface area contributed by atoms with Gasteiger partial charge in [0.05, 0.1) is 17.7 Å². The van der Waals surface area contributed by atoms with Gasteiger partial charge >= 0.3 is 0 Å². The van der Waals surface area contributed by atoms with Crippen LogP contribution in [-0.4, -0.2) is 22.9 Å². The van der Waals surface area contributed by atoms with E-state index in [4.69, 9.17) is 22.6 Å². The van der Waals surface area contributed by atoms with Crippen molar-refractivity contribution < 1.29 is 10.2 Å². The van der Waals surface area contributed by atoms with Crippen LogP contribution >= 0.6 is 11.6 Å². The highest BCUT2D eigenvalue weighted by molar-refractivity contribution is 6.31. The molecule has 4 N–H and O–H groups in total. The maximum absolute atomic E-state index is 9.79. The first-order chi connectivity index (χ1) is 7.60. The Balaban J connectivity index is 2.92. The van der Waals surface area contributed by atoms with E-state index >= 15 is 0 Å². The summed E-state index contributed by atoms with van der Waals surface area (Å²) in [7, 11) is 0. The monoisotopic (exact) mass is 240 g/mol. The summed E-state index contributed by atoms with van der Waals surface area (Å²) < 4.78 is 0. The van der Waals surface area contributed by atoms with Crippen LogP contribution in [0.5, 0.6) is 0 Å². The third kappa shape index (κ3) is 2.94. The molecule has 0 bridgehead atoms. The van der Waals surface area contributed by atoms with Crippen LogP contribution in [0.25, 0.3) is 0 Å². The molecule has 0 spiro atoms. The molecule has 2 atom stereocenters. The topological polar surface area (TPSA) is 90.3 Å². The number of aliphatic hydroxyl groups is 2. The van der Waals surface area contributed by atoms with Crippen LogP contribution in [0.1, 0.15) is 23.7 Å². The summed E-state index contributed by atoms with van der Waals surface area (Å²) in [6, 6.07) is 6.47. The van der Waals surface area contributed by atoms with Gasteiger partial charge in [-0.15, -0.1) is 0 Å². The molecule has 2 unspecified atom stereocenters. The van der Waals surface area contributed by atoms with Gasteiger partial charge in [-0.05, 0) is 25.1 Å². The first kappa shape index (κ1) is 12.9. The Bertz CT molecular complexity index is 403. The molecule has 0 aliphatic carbocycles. The van der Waals surface area contributed by atoms with E-state index in [0.717, 1.165) is 0 Å². The summed E-state index contributed by atoms with van der Waals surface area (Å²) in [5.41, 5.74) is 6.10. The Morgan fingerprint density at radius 3 is 2.62 bits per heavy atom. The van der Waals surface area contributed by atoms with Gasteiger partial charge in [-0.25, -0.2) is 0 Å². The van der Waals surface area contributed by atoms with Crippen molar-refractivity contribution in [2.24, 2.45) is 5.73 Å². The summed E-state index contributed by atoms with van der Waals surface area (Å²) in [5.74, 6) is 0. The fourth-order valence-electron chi connectivity index (χ4n) is 1.37. The number of nitriles is 1. The van der Waals surface area contributed by atoms with Crippen molar-refractivity contribution in [1.82, 2.24) is 0 Å². The van der Waals surface area contributed by atoms with Crippen LogP contribution in [-0.2, 0) is 0 Å². The molecule has 0 aliphatic heterocycles. The number of hydrogen-bond donors (Lipinski definition) is 3. The van der Waals surface area contributed by atoms with Gasteiger partial charge in [0.15, 0.2) is 0 Å². The molecule has 0 fully saturated rings. The minimum absolute atomic E-state index is 0.266. The fourth-order valence-corrected chi connectivity index (χ4v) is 1.66. The van der Waals surface area contributed by atoms with Gasteiger partial charge < -0.3 is 15.9 Å². The van der Waals surface area contributed by atoms with Crippen LogP contribution in [0.3, 0.4) is 0 Å². The molecule has 0 heterocycles. The highest BCUT2D eigenvalue weighted by atomic mass is 35.5. The summed E-state index contributed by atoms with van der Waals surface area (Å²) in [5, 5.41) is 28.3. The van der Waals surface area contributed by atoms with E-state index in [-0.39, 0.29) is 18.0 Å². The zero-order chi connectivity index (χ0) is 12.1. The highest BCUT2D eigenvalue weighted by Gasteiger charge is 2.20. The molecule has 86 valence electrons. The molecular formula is C11H13ClN2O2. The second-order valence-corrected chi connectivity index (χ2v) is 3.84. The summed E-state index contributed by atoms with van der Waals surface area (Å²) in [6.45, 7) is 0.284. The van der Waals surface area contributed by atoms with E-state index in [1.807, 2.05) is 6.07 Å². The average Bonchev–Trinajstić information content (AvgIpc) is 2.28. The Hall–Kier alpha value is -1.12. The van der Waals surface area contributed by atoms with Crippen molar-refractivity contribution >= 4 is 11.6 Å². The molecule has 0 aromatic heterocycles. The lowest BCUT2D eigenvalue weighted by atomic mass is 10.0. The van der Waals surface area contributed by atoms with E-state index in [1.54, 1.807) is 6.07 Å². The maximum atomic E-state index is 9.79. The standard InChI is InChI=1S/C11H13ClN2O2/c12-9-5-7(6-14)1-2-8(9)11(16)10(15)3-4-13/h1-2,5,10-11,15-16H,3-4,13H2. The molecule has 5 heteroatoms. The van der Waals surface area contributed by atoms with Crippen LogP contribution in [0.4, 0.5) is 0 Å². The van der Waals surface area contributed by atoms with Gasteiger partial charge in [0.25, 0.3) is 0 Å². The first-order valence-corrected chi connectivity index (χ1v) is 5.23. The zero-order valence-electron chi connectivity index (χ0n) is 8.60. The Labute approximate surface area is 98.9 Å². The molecule has 1 rings (SSSR count). The average molecular weight is 241 g/mol. The van der Waals surface area contributed by atoms with E-state index in [2.05, 4.69) is 0 Å². The third-order valence-electron chi connectivity index (χ3n) is 2.28. The minimum atomic E-state index is -1.08. The lowest BCUT2D eigenvalue weighted by molar-refractivity contribution is 0.0151. The first-order valence-electron chi connectivity index (χ1n) is 4.86. The van der Waals surface area contributed by atoms with Gasteiger partial charge in [0.1, 0.15) is 6.10 Å². The largest absolute Gasteiger partial charge is 0.390 e. The van der Waals surface area contributed by atoms with Crippen molar-refractivity contribution in [2.75, 3.05) is 6.54 Å². The van der Waals surface area contributed by atoms with E-state index < -0.39 is 12.2 Å². The number of benzene rings is 1. The van der Waals surface area contributed by atoms with Crippen molar-refractivity contribution in [3.05, 3.63) is 34.3 Å². The SMILES string of the molecule is N#Cc1ccc(C(O)C(O)CCN)c(Cl)c1. The number of aliphatic hydroxyl groups excluding tert-OH is 2. The second kappa shape index (κ2) is 5.83. The summed E-state index contributed by atoms with van der Waals surface area (Å²) >= 11 is 5.89. The maximum Gasteiger partial charge on any atom is 0.106 e. The third-order valence-corrected chi connectivity index (χ3v) is 2.60. The van der Waals surface area contributed by atoms with E-state index in [1.165, 1.54) is 12.1 Å². The van der Waals surface area contributed by atoms with E-state index in [0.29, 0.717) is 11.1 Å². The summed E-state index contributed by atoms with van der Waals surface area (Å²) in [6.07, 6.45) is -1.74. The van der Waals surface area contributed by atoms with Crippen LogP contribution in [0.15, 0.2) is 18.2 Å². The Kier molecular flexibility index (Phi) is 4.71. The zero-order valence-corrected chi connectivity index (χ0v) is 9.35. The van der Waals surface area contributed by atoms with Crippen molar-refractivity contribution in [2.45, 2.75) is 18.6 Å². The summed E-state index contributed by atoms with van der Waals surface area (Å²) in [4.78, 5) is 0. The van der Waals surface area contributed by atoms with Crippen LogP contribution < -0.4 is 5.73 Å². The molecular weight excluding hydrogens is 228 g/mol. The Morgan fingerprint density at radius 1 is 1.44 bits per heavy atom. The highest BCUT2D eigenvalue weighted by Crippen LogP contribution is 2.27. The van der Waals surface area contributed by atoms with Gasteiger partial charge in [0, 0.05) is 10.6 Å². The number of nitrogens with zero attached hydrogens (tertiary/aromatic N) is 1. The van der Waals surface area contributed by atoms with Gasteiger partial charge in [-0.3, -0.25) is 0 Å². The molecule has 1 aromatic carbocycles. The molecule has 16 heavy (non-hydrogen) atoms. The molecule has 0 radical (unpaired) electrons. The van der Waals surface area contributed by atoms with Gasteiger partial charge in [-0.1, -0.05) is 17.7 Å². The second-order valence-electron chi connectivity index (χ2n) is 3.44. The quantitative estimate of drug-likeness (QED) is 0.731. The van der Waals surface area contributed by atoms with Gasteiger partial charge in [0.2, 0.25) is 0 Å². The molecule has 0 amide bonds. The van der Waals surface area contributed by atoms with Crippen molar-refractivity contribution in [3.8, 4) is 6.07 Å². The molecule has 0 saturated carbocycles. The number of rotatable bonds is 4. The van der Waals surface area contributed by atoms with Gasteiger partial charge in [-0.2, -0.15) is 5.26 Å². The van der Waals surface area contributed by atoms with Crippen LogP contribution in [0, 0.1) is 11.3 Å². The fraction of sp³-hybridized carbons (Fsp3) is 0.364. The molecule has 0 aliphatic rings.